The molecule has 1 aromatic heterocycles. The van der Waals surface area contributed by atoms with Crippen molar-refractivity contribution in [3.63, 3.8) is 0 Å². The summed E-state index contributed by atoms with van der Waals surface area (Å²) in [6.45, 7) is 4.02. The third-order valence-corrected chi connectivity index (χ3v) is 4.32. The molecule has 0 bridgehead atoms. The Morgan fingerprint density at radius 1 is 1.40 bits per heavy atom. The van der Waals surface area contributed by atoms with Crippen LogP contribution in [0.15, 0.2) is 5.38 Å². The third kappa shape index (κ3) is 1.94. The van der Waals surface area contributed by atoms with Crippen molar-refractivity contribution >= 4 is 11.3 Å². The maximum atomic E-state index is 5.40. The first-order valence-corrected chi connectivity index (χ1v) is 6.55. The fourth-order valence-electron chi connectivity index (χ4n) is 2.31. The minimum Gasteiger partial charge on any atom is -0.381 e. The Kier molecular flexibility index (Phi) is 2.73. The minimum atomic E-state index is 0.560. The van der Waals surface area contributed by atoms with Gasteiger partial charge in [0, 0.05) is 30.4 Å². The van der Waals surface area contributed by atoms with Gasteiger partial charge in [-0.1, -0.05) is 0 Å². The molecule has 0 amide bonds. The van der Waals surface area contributed by atoms with E-state index in [0.29, 0.717) is 11.8 Å². The molecule has 1 N–H and O–H groups in total. The van der Waals surface area contributed by atoms with Gasteiger partial charge in [0.25, 0.3) is 0 Å². The Balaban J connectivity index is 1.74. The largest absolute Gasteiger partial charge is 0.381 e. The number of hydrogen-bond acceptors (Lipinski definition) is 4. The van der Waals surface area contributed by atoms with Gasteiger partial charge in [-0.05, 0) is 19.4 Å². The molecule has 2 aliphatic heterocycles. The van der Waals surface area contributed by atoms with Gasteiger partial charge in [0.2, 0.25) is 0 Å². The molecule has 0 saturated carbocycles. The Labute approximate surface area is 93.9 Å². The maximum Gasteiger partial charge on any atom is 0.0972 e. The number of thiazole rings is 1. The summed E-state index contributed by atoms with van der Waals surface area (Å²) in [5.74, 6) is 1.22. The quantitative estimate of drug-likeness (QED) is 0.830. The molecule has 2 fully saturated rings. The van der Waals surface area contributed by atoms with Crippen LogP contribution < -0.4 is 5.32 Å². The van der Waals surface area contributed by atoms with Gasteiger partial charge in [-0.25, -0.2) is 4.98 Å². The van der Waals surface area contributed by atoms with Crippen molar-refractivity contribution in [2.45, 2.75) is 24.7 Å². The van der Waals surface area contributed by atoms with Crippen molar-refractivity contribution in [1.82, 2.24) is 10.3 Å². The van der Waals surface area contributed by atoms with E-state index in [2.05, 4.69) is 10.7 Å². The molecule has 2 aliphatic rings. The number of ether oxygens (including phenoxy) is 1. The average Bonchev–Trinajstić information content (AvgIpc) is 3.02. The van der Waals surface area contributed by atoms with Crippen LogP contribution in [0.5, 0.6) is 0 Å². The van der Waals surface area contributed by atoms with Gasteiger partial charge in [-0.2, -0.15) is 0 Å². The van der Waals surface area contributed by atoms with E-state index in [9.17, 15) is 0 Å². The van der Waals surface area contributed by atoms with E-state index < -0.39 is 0 Å². The number of nitrogens with one attached hydrogen (secondary N) is 1. The Morgan fingerprint density at radius 2 is 2.40 bits per heavy atom. The number of rotatable bonds is 2. The number of nitrogens with zero attached hydrogens (tertiary/aromatic N) is 1. The van der Waals surface area contributed by atoms with Gasteiger partial charge in [0.05, 0.1) is 17.3 Å². The molecule has 0 aliphatic carbocycles. The molecule has 2 atom stereocenters. The second-order valence-electron chi connectivity index (χ2n) is 4.36. The molecular weight excluding hydrogens is 208 g/mol. The lowest BCUT2D eigenvalue weighted by molar-refractivity contribution is 0.193. The van der Waals surface area contributed by atoms with Crippen LogP contribution in [0, 0.1) is 0 Å². The maximum absolute atomic E-state index is 5.40. The summed E-state index contributed by atoms with van der Waals surface area (Å²) in [4.78, 5) is 4.77. The molecule has 3 nitrogen and oxygen atoms in total. The fraction of sp³-hybridized carbons (Fsp3) is 0.727. The second kappa shape index (κ2) is 4.20. The highest BCUT2D eigenvalue weighted by Crippen LogP contribution is 2.31. The average molecular weight is 224 g/mol. The van der Waals surface area contributed by atoms with E-state index in [4.69, 9.17) is 9.72 Å². The van der Waals surface area contributed by atoms with Crippen molar-refractivity contribution in [2.75, 3.05) is 26.3 Å². The van der Waals surface area contributed by atoms with Crippen LogP contribution in [0.1, 0.15) is 35.4 Å². The molecule has 0 radical (unpaired) electrons. The second-order valence-corrected chi connectivity index (χ2v) is 5.25. The first-order chi connectivity index (χ1) is 7.43. The molecule has 2 unspecified atom stereocenters. The van der Waals surface area contributed by atoms with Crippen LogP contribution in [0.3, 0.4) is 0 Å². The van der Waals surface area contributed by atoms with Crippen molar-refractivity contribution in [2.24, 2.45) is 0 Å². The van der Waals surface area contributed by atoms with Crippen LogP contribution in [0.25, 0.3) is 0 Å². The Morgan fingerprint density at radius 3 is 3.13 bits per heavy atom. The highest BCUT2D eigenvalue weighted by molar-refractivity contribution is 7.09. The van der Waals surface area contributed by atoms with E-state index >= 15 is 0 Å². The SMILES string of the molecule is c1sc(C2CCNC2)nc1C1CCOC1. The first-order valence-electron chi connectivity index (χ1n) is 5.67. The van der Waals surface area contributed by atoms with Gasteiger partial charge in [0.1, 0.15) is 0 Å². The summed E-state index contributed by atoms with van der Waals surface area (Å²) in [5.41, 5.74) is 1.26. The molecule has 0 spiro atoms. The summed E-state index contributed by atoms with van der Waals surface area (Å²) >= 11 is 1.83. The molecule has 4 heteroatoms. The van der Waals surface area contributed by atoms with Crippen LogP contribution in [-0.2, 0) is 4.74 Å². The highest BCUT2D eigenvalue weighted by atomic mass is 32.1. The summed E-state index contributed by atoms with van der Waals surface area (Å²) in [7, 11) is 0. The summed E-state index contributed by atoms with van der Waals surface area (Å²) in [6.07, 6.45) is 2.39. The van der Waals surface area contributed by atoms with Gasteiger partial charge in [-0.3, -0.25) is 0 Å². The number of aromatic nitrogens is 1. The molecule has 0 aromatic carbocycles. The van der Waals surface area contributed by atoms with Crippen LogP contribution in [-0.4, -0.2) is 31.3 Å². The third-order valence-electron chi connectivity index (χ3n) is 3.30. The lowest BCUT2D eigenvalue weighted by atomic mass is 10.1. The van der Waals surface area contributed by atoms with Gasteiger partial charge < -0.3 is 10.1 Å². The van der Waals surface area contributed by atoms with E-state index in [1.165, 1.54) is 17.1 Å². The normalized spacial score (nSPS) is 31.2. The molecule has 1 aromatic rings. The van der Waals surface area contributed by atoms with E-state index in [0.717, 1.165) is 32.7 Å². The van der Waals surface area contributed by atoms with Gasteiger partial charge in [0.15, 0.2) is 0 Å². The molecule has 2 saturated heterocycles. The summed E-state index contributed by atoms with van der Waals surface area (Å²) in [6, 6.07) is 0. The predicted molar refractivity (Wildman–Crippen MR) is 60.5 cm³/mol. The molecule has 3 heterocycles. The lowest BCUT2D eigenvalue weighted by Gasteiger charge is -2.04. The zero-order valence-electron chi connectivity index (χ0n) is 8.74. The zero-order chi connectivity index (χ0) is 10.1. The molecular formula is C11H16N2OS. The van der Waals surface area contributed by atoms with Crippen molar-refractivity contribution in [3.8, 4) is 0 Å². The van der Waals surface area contributed by atoms with Gasteiger partial charge in [-0.15, -0.1) is 11.3 Å². The Bertz CT molecular complexity index is 297. The van der Waals surface area contributed by atoms with E-state index in [1.54, 1.807) is 0 Å². The highest BCUT2D eigenvalue weighted by Gasteiger charge is 2.24. The smallest absolute Gasteiger partial charge is 0.0972 e. The zero-order valence-corrected chi connectivity index (χ0v) is 9.55. The standard InChI is InChI=1S/C11H16N2OS/c1-3-12-5-8(1)11-13-10(7-15-11)9-2-4-14-6-9/h7-9,12H,1-6H2. The van der Waals surface area contributed by atoms with Crippen LogP contribution in [0.2, 0.25) is 0 Å². The van der Waals surface area contributed by atoms with Crippen molar-refractivity contribution in [1.29, 1.82) is 0 Å². The topological polar surface area (TPSA) is 34.2 Å². The Hall–Kier alpha value is -0.450. The monoisotopic (exact) mass is 224 g/mol. The van der Waals surface area contributed by atoms with Gasteiger partial charge >= 0.3 is 0 Å². The molecule has 3 rings (SSSR count). The minimum absolute atomic E-state index is 0.560. The molecule has 82 valence electrons. The van der Waals surface area contributed by atoms with E-state index in [1.807, 2.05) is 11.3 Å². The van der Waals surface area contributed by atoms with Crippen LogP contribution in [0.4, 0.5) is 0 Å². The summed E-state index contributed by atoms with van der Waals surface area (Å²) in [5, 5.41) is 6.94. The first kappa shape index (κ1) is 9.75. The molecule has 15 heavy (non-hydrogen) atoms. The van der Waals surface area contributed by atoms with Crippen molar-refractivity contribution < 1.29 is 4.74 Å². The number of hydrogen-bond donors (Lipinski definition) is 1. The fourth-order valence-corrected chi connectivity index (χ4v) is 3.35. The predicted octanol–water partition coefficient (Wildman–Crippen LogP) is 1.72. The summed E-state index contributed by atoms with van der Waals surface area (Å²) < 4.78 is 5.40. The van der Waals surface area contributed by atoms with Crippen molar-refractivity contribution in [3.05, 3.63) is 16.1 Å². The van der Waals surface area contributed by atoms with Crippen LogP contribution >= 0.6 is 11.3 Å². The van der Waals surface area contributed by atoms with E-state index in [-0.39, 0.29) is 0 Å². The lowest BCUT2D eigenvalue weighted by Crippen LogP contribution is -2.08.